The molecule has 0 aliphatic carbocycles. The van der Waals surface area contributed by atoms with Crippen LogP contribution in [-0.4, -0.2) is 24.7 Å². The largest absolute Gasteiger partial charge is 0.435 e. The molecule has 4 heterocycles. The number of hydrogen-bond acceptors (Lipinski definition) is 4. The van der Waals surface area contributed by atoms with Gasteiger partial charge in [-0.25, -0.2) is 9.67 Å². The standard InChI is InChI=1S/C23H15F8N5/c1-21(2,15-4-3-5-19(33-15)36-9-8-16(35-36)23(29,30)31)17-11-12(22(26,27)28)10-14(32-17)13-6-7-18(24)34-20(13)25/h3-11H,1-2H3. The molecule has 0 saturated carbocycles. The van der Waals surface area contributed by atoms with Crippen molar-refractivity contribution in [2.45, 2.75) is 31.6 Å². The molecule has 0 saturated heterocycles. The highest BCUT2D eigenvalue weighted by molar-refractivity contribution is 5.60. The van der Waals surface area contributed by atoms with Crippen molar-refractivity contribution in [2.24, 2.45) is 0 Å². The molecule has 0 N–H and O–H groups in total. The zero-order valence-corrected chi connectivity index (χ0v) is 18.5. The molecular formula is C23H15F8N5. The number of rotatable bonds is 4. The lowest BCUT2D eigenvalue weighted by molar-refractivity contribution is -0.141. The smallest absolute Gasteiger partial charge is 0.252 e. The van der Waals surface area contributed by atoms with Gasteiger partial charge in [0.25, 0.3) is 0 Å². The molecule has 0 radical (unpaired) electrons. The average Bonchev–Trinajstić information content (AvgIpc) is 3.29. The van der Waals surface area contributed by atoms with Gasteiger partial charge < -0.3 is 0 Å². The van der Waals surface area contributed by atoms with E-state index in [2.05, 4.69) is 20.1 Å². The van der Waals surface area contributed by atoms with Crippen molar-refractivity contribution in [2.75, 3.05) is 0 Å². The summed E-state index contributed by atoms with van der Waals surface area (Å²) in [6.45, 7) is 2.99. The Kier molecular flexibility index (Phi) is 6.05. The summed E-state index contributed by atoms with van der Waals surface area (Å²) in [7, 11) is 0. The van der Waals surface area contributed by atoms with Gasteiger partial charge in [-0.15, -0.1) is 0 Å². The Morgan fingerprint density at radius 1 is 0.722 bits per heavy atom. The van der Waals surface area contributed by atoms with Crippen molar-refractivity contribution in [3.8, 4) is 17.1 Å². The minimum Gasteiger partial charge on any atom is -0.252 e. The van der Waals surface area contributed by atoms with Gasteiger partial charge in [-0.05, 0) is 56.3 Å². The Bertz CT molecular complexity index is 1420. The first-order valence-corrected chi connectivity index (χ1v) is 10.2. The lowest BCUT2D eigenvalue weighted by Crippen LogP contribution is -2.24. The molecule has 188 valence electrons. The second kappa shape index (κ2) is 8.64. The van der Waals surface area contributed by atoms with Crippen LogP contribution in [0.15, 0.2) is 54.7 Å². The molecule has 4 aromatic rings. The van der Waals surface area contributed by atoms with Crippen molar-refractivity contribution in [3.63, 3.8) is 0 Å². The van der Waals surface area contributed by atoms with E-state index in [9.17, 15) is 35.1 Å². The van der Waals surface area contributed by atoms with Crippen molar-refractivity contribution in [1.29, 1.82) is 0 Å². The van der Waals surface area contributed by atoms with Crippen LogP contribution in [0.3, 0.4) is 0 Å². The molecule has 5 nitrogen and oxygen atoms in total. The van der Waals surface area contributed by atoms with Crippen LogP contribution >= 0.6 is 0 Å². The molecule has 0 bridgehead atoms. The van der Waals surface area contributed by atoms with Gasteiger partial charge >= 0.3 is 12.4 Å². The summed E-state index contributed by atoms with van der Waals surface area (Å²) in [5, 5.41) is 3.45. The third kappa shape index (κ3) is 4.90. The number of pyridine rings is 3. The fraction of sp³-hybridized carbons (Fsp3) is 0.217. The van der Waals surface area contributed by atoms with Gasteiger partial charge in [0.05, 0.1) is 28.2 Å². The van der Waals surface area contributed by atoms with E-state index in [-0.39, 0.29) is 17.2 Å². The van der Waals surface area contributed by atoms with Crippen LogP contribution in [-0.2, 0) is 17.8 Å². The SMILES string of the molecule is CC(C)(c1cc(C(F)(F)F)cc(-c2ccc(F)nc2F)n1)c1cccc(-n2ccc(C(F)(F)F)n2)n1. The topological polar surface area (TPSA) is 56.5 Å². The zero-order valence-electron chi connectivity index (χ0n) is 18.5. The van der Waals surface area contributed by atoms with E-state index in [1.54, 1.807) is 0 Å². The Morgan fingerprint density at radius 3 is 2.06 bits per heavy atom. The second-order valence-corrected chi connectivity index (χ2v) is 8.25. The van der Waals surface area contributed by atoms with Gasteiger partial charge in [-0.3, -0.25) is 4.98 Å². The van der Waals surface area contributed by atoms with Gasteiger partial charge in [-0.2, -0.15) is 45.2 Å². The van der Waals surface area contributed by atoms with Crippen LogP contribution < -0.4 is 0 Å². The summed E-state index contributed by atoms with van der Waals surface area (Å²) in [6, 6.07) is 8.13. The molecule has 4 rings (SSSR count). The molecule has 13 heteroatoms. The molecule has 4 aromatic heterocycles. The Labute approximate surface area is 198 Å². The number of nitrogens with zero attached hydrogens (tertiary/aromatic N) is 5. The Hall–Kier alpha value is -3.90. The summed E-state index contributed by atoms with van der Waals surface area (Å²) in [5.74, 6) is -2.51. The van der Waals surface area contributed by atoms with Crippen molar-refractivity contribution in [1.82, 2.24) is 24.7 Å². The monoisotopic (exact) mass is 513 g/mol. The molecule has 0 aliphatic heterocycles. The van der Waals surface area contributed by atoms with E-state index in [0.717, 1.165) is 35.1 Å². The van der Waals surface area contributed by atoms with Crippen LogP contribution in [0.25, 0.3) is 17.1 Å². The molecule has 0 fully saturated rings. The predicted molar refractivity (Wildman–Crippen MR) is 111 cm³/mol. The van der Waals surface area contributed by atoms with Crippen LogP contribution in [0.4, 0.5) is 35.1 Å². The number of hydrogen-bond donors (Lipinski definition) is 0. The van der Waals surface area contributed by atoms with Gasteiger partial charge in [-0.1, -0.05) is 6.07 Å². The van der Waals surface area contributed by atoms with Crippen molar-refractivity contribution < 1.29 is 35.1 Å². The third-order valence-corrected chi connectivity index (χ3v) is 5.37. The molecule has 0 atom stereocenters. The summed E-state index contributed by atoms with van der Waals surface area (Å²) < 4.78 is 108. The van der Waals surface area contributed by atoms with E-state index in [1.807, 2.05) is 0 Å². The average molecular weight is 513 g/mol. The summed E-state index contributed by atoms with van der Waals surface area (Å²) in [4.78, 5) is 11.5. The second-order valence-electron chi connectivity index (χ2n) is 8.25. The van der Waals surface area contributed by atoms with Gasteiger partial charge in [0.1, 0.15) is 0 Å². The Morgan fingerprint density at radius 2 is 1.44 bits per heavy atom. The maximum Gasteiger partial charge on any atom is 0.435 e. The van der Waals surface area contributed by atoms with Crippen LogP contribution in [0.2, 0.25) is 0 Å². The fourth-order valence-corrected chi connectivity index (χ4v) is 3.39. The van der Waals surface area contributed by atoms with E-state index >= 15 is 0 Å². The van der Waals surface area contributed by atoms with Crippen LogP contribution in [0, 0.1) is 11.9 Å². The van der Waals surface area contributed by atoms with E-state index in [4.69, 9.17) is 0 Å². The lowest BCUT2D eigenvalue weighted by atomic mass is 9.83. The van der Waals surface area contributed by atoms with E-state index in [1.165, 1.54) is 32.0 Å². The quantitative estimate of drug-likeness (QED) is 0.235. The van der Waals surface area contributed by atoms with Gasteiger partial charge in [0, 0.05) is 11.6 Å². The maximum absolute atomic E-state index is 14.3. The van der Waals surface area contributed by atoms with Crippen molar-refractivity contribution >= 4 is 0 Å². The Balaban J connectivity index is 1.83. The highest BCUT2D eigenvalue weighted by Crippen LogP contribution is 2.37. The molecule has 0 amide bonds. The summed E-state index contributed by atoms with van der Waals surface area (Å²) in [6.07, 6.45) is -8.46. The predicted octanol–water partition coefficient (Wildman–Crippen LogP) is 6.37. The molecule has 0 aromatic carbocycles. The summed E-state index contributed by atoms with van der Waals surface area (Å²) in [5.41, 5.74) is -4.52. The number of halogens is 8. The minimum absolute atomic E-state index is 0.0166. The number of alkyl halides is 6. The first kappa shape index (κ1) is 25.2. The normalized spacial score (nSPS) is 12.7. The molecular weight excluding hydrogens is 498 g/mol. The van der Waals surface area contributed by atoms with E-state index in [0.29, 0.717) is 6.07 Å². The molecule has 0 spiro atoms. The molecule has 0 aliphatic rings. The van der Waals surface area contributed by atoms with Crippen molar-refractivity contribution in [3.05, 3.63) is 89.3 Å². The fourth-order valence-electron chi connectivity index (χ4n) is 3.39. The highest BCUT2D eigenvalue weighted by Gasteiger charge is 2.36. The first-order valence-electron chi connectivity index (χ1n) is 10.2. The highest BCUT2D eigenvalue weighted by atomic mass is 19.4. The molecule has 36 heavy (non-hydrogen) atoms. The lowest BCUT2D eigenvalue weighted by Gasteiger charge is -2.26. The van der Waals surface area contributed by atoms with Gasteiger partial charge in [0.15, 0.2) is 11.5 Å². The minimum atomic E-state index is -4.83. The van der Waals surface area contributed by atoms with Crippen LogP contribution in [0.5, 0.6) is 0 Å². The van der Waals surface area contributed by atoms with Crippen LogP contribution in [0.1, 0.15) is 36.5 Å². The maximum atomic E-state index is 14.3. The molecule has 0 unspecified atom stereocenters. The first-order chi connectivity index (χ1) is 16.7. The summed E-state index contributed by atoms with van der Waals surface area (Å²) >= 11 is 0. The number of aromatic nitrogens is 5. The van der Waals surface area contributed by atoms with E-state index < -0.39 is 52.2 Å². The third-order valence-electron chi connectivity index (χ3n) is 5.37. The van der Waals surface area contributed by atoms with Gasteiger partial charge in [0.2, 0.25) is 11.9 Å². The zero-order chi connectivity index (χ0) is 26.5.